The predicted molar refractivity (Wildman–Crippen MR) is 81.6 cm³/mol. The molecule has 21 heavy (non-hydrogen) atoms. The minimum Gasteiger partial charge on any atom is -0.388 e. The fourth-order valence-electron chi connectivity index (χ4n) is 2.64. The molecule has 0 atom stereocenters. The van der Waals surface area contributed by atoms with Gasteiger partial charge in [-0.15, -0.1) is 0 Å². The highest BCUT2D eigenvalue weighted by Gasteiger charge is 2.30. The van der Waals surface area contributed by atoms with Gasteiger partial charge in [-0.2, -0.15) is 0 Å². The standard InChI is InChI=1S/C14H22N4O3/c1-2-15-12-7-6-11(18(20)21)13(17-12)16-10-14(19)8-4-3-5-9-14/h6-7,19H,2-5,8-10H2,1H3,(H2,15,16,17). The fraction of sp³-hybridized carbons (Fsp3) is 0.643. The Kier molecular flexibility index (Phi) is 4.95. The van der Waals surface area contributed by atoms with Crippen molar-refractivity contribution >= 4 is 17.3 Å². The van der Waals surface area contributed by atoms with Gasteiger partial charge in [-0.25, -0.2) is 4.98 Å². The summed E-state index contributed by atoms with van der Waals surface area (Å²) in [5.74, 6) is 0.790. The first-order valence-electron chi connectivity index (χ1n) is 7.40. The van der Waals surface area contributed by atoms with E-state index in [9.17, 15) is 15.2 Å². The summed E-state index contributed by atoms with van der Waals surface area (Å²) in [6, 6.07) is 3.01. The van der Waals surface area contributed by atoms with E-state index < -0.39 is 10.5 Å². The van der Waals surface area contributed by atoms with Crippen LogP contribution in [0.25, 0.3) is 0 Å². The highest BCUT2D eigenvalue weighted by atomic mass is 16.6. The summed E-state index contributed by atoms with van der Waals surface area (Å²) in [5.41, 5.74) is -0.863. The van der Waals surface area contributed by atoms with E-state index in [0.717, 1.165) is 32.1 Å². The van der Waals surface area contributed by atoms with Gasteiger partial charge in [0, 0.05) is 19.2 Å². The Morgan fingerprint density at radius 1 is 1.33 bits per heavy atom. The third kappa shape index (κ3) is 4.04. The molecule has 1 aliphatic rings. The van der Waals surface area contributed by atoms with Crippen LogP contribution in [0, 0.1) is 10.1 Å². The molecule has 0 amide bonds. The summed E-state index contributed by atoms with van der Waals surface area (Å²) in [6.07, 6.45) is 4.56. The summed E-state index contributed by atoms with van der Waals surface area (Å²) >= 11 is 0. The topological polar surface area (TPSA) is 100 Å². The number of anilines is 2. The average molecular weight is 294 g/mol. The van der Waals surface area contributed by atoms with E-state index in [1.165, 1.54) is 6.07 Å². The van der Waals surface area contributed by atoms with Crippen LogP contribution in [0.15, 0.2) is 12.1 Å². The van der Waals surface area contributed by atoms with E-state index in [0.29, 0.717) is 12.4 Å². The Morgan fingerprint density at radius 2 is 2.05 bits per heavy atom. The molecule has 2 rings (SSSR count). The summed E-state index contributed by atoms with van der Waals surface area (Å²) < 4.78 is 0. The van der Waals surface area contributed by atoms with Crippen molar-refractivity contribution in [2.24, 2.45) is 0 Å². The third-order valence-corrected chi connectivity index (χ3v) is 3.80. The van der Waals surface area contributed by atoms with Crippen LogP contribution in [0.4, 0.5) is 17.3 Å². The van der Waals surface area contributed by atoms with Crippen LogP contribution in [0.1, 0.15) is 39.0 Å². The van der Waals surface area contributed by atoms with Crippen LogP contribution in [0.3, 0.4) is 0 Å². The van der Waals surface area contributed by atoms with Crippen LogP contribution in [0.2, 0.25) is 0 Å². The molecular formula is C14H22N4O3. The van der Waals surface area contributed by atoms with Crippen LogP contribution >= 0.6 is 0 Å². The number of nitro groups is 1. The molecule has 116 valence electrons. The van der Waals surface area contributed by atoms with Crippen molar-refractivity contribution in [3.05, 3.63) is 22.2 Å². The lowest BCUT2D eigenvalue weighted by Gasteiger charge is -2.32. The smallest absolute Gasteiger partial charge is 0.311 e. The summed E-state index contributed by atoms with van der Waals surface area (Å²) in [7, 11) is 0. The molecule has 1 aromatic rings. The molecule has 1 aliphatic carbocycles. The number of aromatic nitrogens is 1. The minimum absolute atomic E-state index is 0.0731. The second-order valence-electron chi connectivity index (χ2n) is 5.49. The van der Waals surface area contributed by atoms with E-state index in [1.807, 2.05) is 6.92 Å². The van der Waals surface area contributed by atoms with Gasteiger partial charge in [0.25, 0.3) is 0 Å². The summed E-state index contributed by atoms with van der Waals surface area (Å²) in [6.45, 7) is 2.91. The molecule has 0 aliphatic heterocycles. The van der Waals surface area contributed by atoms with E-state index in [2.05, 4.69) is 15.6 Å². The van der Waals surface area contributed by atoms with Crippen LogP contribution < -0.4 is 10.6 Å². The van der Waals surface area contributed by atoms with Gasteiger partial charge in [-0.3, -0.25) is 10.1 Å². The van der Waals surface area contributed by atoms with Gasteiger partial charge >= 0.3 is 5.69 Å². The normalized spacial score (nSPS) is 17.2. The van der Waals surface area contributed by atoms with Crippen molar-refractivity contribution in [1.29, 1.82) is 0 Å². The molecule has 0 radical (unpaired) electrons. The number of nitrogens with one attached hydrogen (secondary N) is 2. The molecule has 0 unspecified atom stereocenters. The lowest BCUT2D eigenvalue weighted by atomic mass is 9.85. The zero-order valence-electron chi connectivity index (χ0n) is 12.3. The molecule has 1 saturated carbocycles. The van der Waals surface area contributed by atoms with Crippen LogP contribution in [-0.4, -0.2) is 33.7 Å². The number of hydrogen-bond donors (Lipinski definition) is 3. The maximum absolute atomic E-state index is 11.1. The van der Waals surface area contributed by atoms with Gasteiger partial charge in [0.2, 0.25) is 5.82 Å². The average Bonchev–Trinajstić information content (AvgIpc) is 2.46. The molecule has 3 N–H and O–H groups in total. The quantitative estimate of drug-likeness (QED) is 0.550. The Hall–Kier alpha value is -1.89. The van der Waals surface area contributed by atoms with Gasteiger partial charge in [-0.1, -0.05) is 19.3 Å². The van der Waals surface area contributed by atoms with Gasteiger partial charge in [0.1, 0.15) is 5.82 Å². The molecule has 0 bridgehead atoms. The Morgan fingerprint density at radius 3 is 2.67 bits per heavy atom. The lowest BCUT2D eigenvalue weighted by molar-refractivity contribution is -0.384. The van der Waals surface area contributed by atoms with Crippen LogP contribution in [-0.2, 0) is 0 Å². The lowest BCUT2D eigenvalue weighted by Crippen LogP contribution is -2.39. The number of nitrogens with zero attached hydrogens (tertiary/aromatic N) is 2. The minimum atomic E-state index is -0.790. The largest absolute Gasteiger partial charge is 0.388 e. The molecular weight excluding hydrogens is 272 g/mol. The number of rotatable bonds is 6. The zero-order chi connectivity index (χ0) is 15.3. The molecule has 7 nitrogen and oxygen atoms in total. The van der Waals surface area contributed by atoms with Crippen molar-refractivity contribution in [3.63, 3.8) is 0 Å². The first-order valence-corrected chi connectivity index (χ1v) is 7.40. The van der Waals surface area contributed by atoms with E-state index >= 15 is 0 Å². The Labute approximate surface area is 123 Å². The second kappa shape index (κ2) is 6.71. The van der Waals surface area contributed by atoms with Gasteiger partial charge < -0.3 is 15.7 Å². The SMILES string of the molecule is CCNc1ccc([N+](=O)[O-])c(NCC2(O)CCCCC2)n1. The molecule has 1 aromatic heterocycles. The van der Waals surface area contributed by atoms with Gasteiger partial charge in [0.05, 0.1) is 10.5 Å². The first kappa shape index (κ1) is 15.5. The van der Waals surface area contributed by atoms with Crippen molar-refractivity contribution in [1.82, 2.24) is 4.98 Å². The maximum Gasteiger partial charge on any atom is 0.311 e. The second-order valence-corrected chi connectivity index (χ2v) is 5.49. The highest BCUT2D eigenvalue weighted by Crippen LogP contribution is 2.30. The van der Waals surface area contributed by atoms with E-state index in [1.54, 1.807) is 6.07 Å². The monoisotopic (exact) mass is 294 g/mol. The molecule has 0 saturated heterocycles. The number of hydrogen-bond acceptors (Lipinski definition) is 6. The van der Waals surface area contributed by atoms with E-state index in [-0.39, 0.29) is 18.1 Å². The Balaban J connectivity index is 2.12. The molecule has 1 fully saturated rings. The number of aliphatic hydroxyl groups is 1. The highest BCUT2D eigenvalue weighted by molar-refractivity contribution is 5.60. The van der Waals surface area contributed by atoms with Gasteiger partial charge in [0.15, 0.2) is 0 Å². The molecule has 7 heteroatoms. The van der Waals surface area contributed by atoms with Crippen LogP contribution in [0.5, 0.6) is 0 Å². The van der Waals surface area contributed by atoms with E-state index in [4.69, 9.17) is 0 Å². The van der Waals surface area contributed by atoms with Crippen molar-refractivity contribution in [3.8, 4) is 0 Å². The molecule has 0 spiro atoms. The summed E-state index contributed by atoms with van der Waals surface area (Å²) in [5, 5.41) is 27.5. The Bertz CT molecular complexity index is 501. The zero-order valence-corrected chi connectivity index (χ0v) is 12.3. The molecule has 0 aromatic carbocycles. The third-order valence-electron chi connectivity index (χ3n) is 3.80. The van der Waals surface area contributed by atoms with Crippen molar-refractivity contribution < 1.29 is 10.0 Å². The van der Waals surface area contributed by atoms with Crippen molar-refractivity contribution in [2.75, 3.05) is 23.7 Å². The molecule has 1 heterocycles. The number of pyridine rings is 1. The predicted octanol–water partition coefficient (Wildman–Crippen LogP) is 2.53. The maximum atomic E-state index is 11.1. The van der Waals surface area contributed by atoms with Crippen molar-refractivity contribution in [2.45, 2.75) is 44.6 Å². The first-order chi connectivity index (χ1) is 10.0. The summed E-state index contributed by atoms with van der Waals surface area (Å²) in [4.78, 5) is 14.8. The van der Waals surface area contributed by atoms with Gasteiger partial charge in [-0.05, 0) is 25.8 Å². The fourth-order valence-corrected chi connectivity index (χ4v) is 2.64.